The molecule has 0 bridgehead atoms. The molecule has 3 heterocycles. The average Bonchev–Trinajstić information content (AvgIpc) is 3.51. The van der Waals surface area contributed by atoms with E-state index < -0.39 is 23.7 Å². The van der Waals surface area contributed by atoms with Gasteiger partial charge >= 0.3 is 6.09 Å². The molecule has 232 valence electrons. The summed E-state index contributed by atoms with van der Waals surface area (Å²) in [5.74, 6) is -1.38. The van der Waals surface area contributed by atoms with E-state index in [1.807, 2.05) is 6.92 Å². The zero-order valence-corrected chi connectivity index (χ0v) is 25.7. The fourth-order valence-electron chi connectivity index (χ4n) is 6.06. The van der Waals surface area contributed by atoms with Crippen molar-refractivity contribution in [3.8, 4) is 11.3 Å². The first-order chi connectivity index (χ1) is 20.4. The predicted molar refractivity (Wildman–Crippen MR) is 166 cm³/mol. The number of ether oxygens (including phenoxy) is 1. The van der Waals surface area contributed by atoms with E-state index in [4.69, 9.17) is 4.74 Å². The molecule has 1 unspecified atom stereocenters. The van der Waals surface area contributed by atoms with E-state index in [-0.39, 0.29) is 30.6 Å². The fraction of sp³-hybridized carbons (Fsp3) is 0.500. The molecule has 43 heavy (non-hydrogen) atoms. The number of hydrogen-bond acceptors (Lipinski definition) is 7. The normalized spacial score (nSPS) is 15.7. The molecule has 2 aliphatic rings. The summed E-state index contributed by atoms with van der Waals surface area (Å²) in [7, 11) is 0. The first kappa shape index (κ1) is 32.6. The molecule has 2 aliphatic heterocycles. The van der Waals surface area contributed by atoms with Crippen LogP contribution in [0.2, 0.25) is 0 Å². The number of aromatic nitrogens is 2. The average molecular weight is 614 g/mol. The molecular formula is C32H41ClFN5O4. The van der Waals surface area contributed by atoms with Gasteiger partial charge in [0.15, 0.2) is 0 Å². The molecular weight excluding hydrogens is 573 g/mol. The summed E-state index contributed by atoms with van der Waals surface area (Å²) in [5.41, 5.74) is 2.65. The highest BCUT2D eigenvalue weighted by Gasteiger charge is 2.36. The van der Waals surface area contributed by atoms with Gasteiger partial charge in [-0.25, -0.2) is 9.18 Å². The summed E-state index contributed by atoms with van der Waals surface area (Å²) in [5, 5.41) is 11.0. The Hall–Kier alpha value is -3.34. The minimum atomic E-state index is -0.675. The number of amides is 2. The molecule has 1 atom stereocenters. The van der Waals surface area contributed by atoms with Gasteiger partial charge in [-0.15, -0.1) is 12.4 Å². The van der Waals surface area contributed by atoms with Crippen LogP contribution in [0.3, 0.4) is 0 Å². The Morgan fingerprint density at radius 3 is 2.37 bits per heavy atom. The van der Waals surface area contributed by atoms with Crippen molar-refractivity contribution in [1.82, 2.24) is 25.3 Å². The Morgan fingerprint density at radius 2 is 1.65 bits per heavy atom. The van der Waals surface area contributed by atoms with E-state index >= 15 is 0 Å². The van der Waals surface area contributed by atoms with Gasteiger partial charge in [-0.1, -0.05) is 57.9 Å². The van der Waals surface area contributed by atoms with Crippen molar-refractivity contribution < 1.29 is 23.5 Å². The topological polar surface area (TPSA) is 106 Å². The van der Waals surface area contributed by atoms with E-state index in [0.717, 1.165) is 50.1 Å². The molecule has 0 aliphatic carbocycles. The Bertz CT molecular complexity index is 1470. The number of benzene rings is 2. The highest BCUT2D eigenvalue weighted by molar-refractivity contribution is 6.23. The van der Waals surface area contributed by atoms with Gasteiger partial charge in [0, 0.05) is 49.2 Å². The largest absolute Gasteiger partial charge is 0.448 e. The van der Waals surface area contributed by atoms with Gasteiger partial charge in [0.05, 0.1) is 23.3 Å². The highest BCUT2D eigenvalue weighted by Crippen LogP contribution is 2.39. The third-order valence-electron chi connectivity index (χ3n) is 8.36. The maximum Gasteiger partial charge on any atom is 0.435 e. The Labute approximate surface area is 257 Å². The van der Waals surface area contributed by atoms with Gasteiger partial charge in [0.25, 0.3) is 11.8 Å². The Morgan fingerprint density at radius 1 is 0.977 bits per heavy atom. The lowest BCUT2D eigenvalue weighted by atomic mass is 9.89. The Kier molecular flexibility index (Phi) is 11.3. The maximum atomic E-state index is 14.4. The number of piperazine rings is 1. The van der Waals surface area contributed by atoms with Crippen molar-refractivity contribution in [2.24, 2.45) is 0 Å². The summed E-state index contributed by atoms with van der Waals surface area (Å²) in [4.78, 5) is 41.1. The molecule has 0 spiro atoms. The lowest BCUT2D eigenvalue weighted by molar-refractivity contribution is 0.0878. The number of imide groups is 1. The summed E-state index contributed by atoms with van der Waals surface area (Å²) < 4.78 is 21.1. The quantitative estimate of drug-likeness (QED) is 0.184. The smallest absolute Gasteiger partial charge is 0.435 e. The molecule has 11 heteroatoms. The second kappa shape index (κ2) is 14.9. The molecule has 1 aromatic heterocycles. The summed E-state index contributed by atoms with van der Waals surface area (Å²) in [6.45, 7) is 7.62. The first-order valence-electron chi connectivity index (χ1n) is 15.2. The minimum Gasteiger partial charge on any atom is -0.448 e. The number of nitrogens with zero attached hydrogens (tertiary/aromatic N) is 3. The van der Waals surface area contributed by atoms with E-state index in [9.17, 15) is 18.8 Å². The van der Waals surface area contributed by atoms with E-state index in [1.165, 1.54) is 44.2 Å². The molecule has 9 nitrogen and oxygen atoms in total. The van der Waals surface area contributed by atoms with Crippen LogP contribution in [0.25, 0.3) is 22.2 Å². The SMILES string of the molecule is CCCCCCCCCCOC(=O)n1nc(-c2ccc3c(c2C(C)N2CCNCC2)C(=O)NC3=O)c2ccc(F)cc21.Cl. The number of unbranched alkanes of at least 4 members (excludes halogenated alkanes) is 7. The monoisotopic (exact) mass is 613 g/mol. The van der Waals surface area contributed by atoms with Crippen LogP contribution in [0.15, 0.2) is 30.3 Å². The maximum absolute atomic E-state index is 14.4. The second-order valence-corrected chi connectivity index (χ2v) is 11.2. The Balaban J connectivity index is 0.00000423. The molecule has 0 radical (unpaired) electrons. The van der Waals surface area contributed by atoms with Crippen LogP contribution in [0.5, 0.6) is 0 Å². The van der Waals surface area contributed by atoms with Crippen molar-refractivity contribution in [2.75, 3.05) is 32.8 Å². The van der Waals surface area contributed by atoms with Crippen LogP contribution < -0.4 is 10.6 Å². The number of carbonyl (C=O) groups excluding carboxylic acids is 3. The van der Waals surface area contributed by atoms with Crippen LogP contribution in [0, 0.1) is 5.82 Å². The molecule has 1 saturated heterocycles. The molecule has 2 aromatic carbocycles. The lowest BCUT2D eigenvalue weighted by Gasteiger charge is -2.34. The third-order valence-corrected chi connectivity index (χ3v) is 8.36. The number of hydrogen-bond donors (Lipinski definition) is 2. The molecule has 5 rings (SSSR count). The molecule has 3 aromatic rings. The van der Waals surface area contributed by atoms with Crippen molar-refractivity contribution in [3.05, 3.63) is 52.8 Å². The summed E-state index contributed by atoms with van der Waals surface area (Å²) >= 11 is 0. The van der Waals surface area contributed by atoms with Crippen molar-refractivity contribution >= 4 is 41.2 Å². The first-order valence-corrected chi connectivity index (χ1v) is 15.2. The number of carbonyl (C=O) groups is 3. The third kappa shape index (κ3) is 7.08. The fourth-order valence-corrected chi connectivity index (χ4v) is 6.06. The zero-order chi connectivity index (χ0) is 29.6. The zero-order valence-electron chi connectivity index (χ0n) is 24.9. The van der Waals surface area contributed by atoms with E-state index in [0.29, 0.717) is 33.3 Å². The second-order valence-electron chi connectivity index (χ2n) is 11.2. The number of halogens is 2. The van der Waals surface area contributed by atoms with Crippen molar-refractivity contribution in [3.63, 3.8) is 0 Å². The molecule has 0 saturated carbocycles. The predicted octanol–water partition coefficient (Wildman–Crippen LogP) is 6.24. The van der Waals surface area contributed by atoms with Crippen LogP contribution >= 0.6 is 12.4 Å². The molecule has 2 amide bonds. The molecule has 2 N–H and O–H groups in total. The standard InChI is InChI=1S/C32H40FN5O4.ClH/c1-3-4-5-6-7-8-9-10-19-42-32(41)38-26-20-22(33)11-12-23(26)29(36-38)24-13-14-25-28(31(40)35-30(25)39)27(24)21(2)37-17-15-34-16-18-37;/h11-14,20-21,34H,3-10,15-19H2,1-2H3,(H,35,39,40);1H. The number of rotatable bonds is 12. The van der Waals surface area contributed by atoms with Crippen LogP contribution in [-0.2, 0) is 4.74 Å². The van der Waals surface area contributed by atoms with Gasteiger partial charge in [0.2, 0.25) is 0 Å². The van der Waals surface area contributed by atoms with Crippen LogP contribution in [0.4, 0.5) is 9.18 Å². The number of nitrogens with one attached hydrogen (secondary N) is 2. The van der Waals surface area contributed by atoms with E-state index in [1.54, 1.807) is 18.2 Å². The van der Waals surface area contributed by atoms with Gasteiger partial charge in [-0.2, -0.15) is 9.78 Å². The summed E-state index contributed by atoms with van der Waals surface area (Å²) in [6.07, 6.45) is 8.32. The minimum absolute atomic E-state index is 0. The van der Waals surface area contributed by atoms with Crippen molar-refractivity contribution in [2.45, 2.75) is 71.3 Å². The summed E-state index contributed by atoms with van der Waals surface area (Å²) in [6, 6.07) is 7.36. The van der Waals surface area contributed by atoms with Gasteiger partial charge in [-0.05, 0) is 37.1 Å². The van der Waals surface area contributed by atoms with Crippen LogP contribution in [-0.4, -0.2) is 65.4 Å². The van der Waals surface area contributed by atoms with Crippen molar-refractivity contribution in [1.29, 1.82) is 0 Å². The molecule has 1 fully saturated rings. The number of fused-ring (bicyclic) bond motifs is 2. The van der Waals surface area contributed by atoms with Gasteiger partial charge in [-0.3, -0.25) is 19.8 Å². The highest BCUT2D eigenvalue weighted by atomic mass is 35.5. The van der Waals surface area contributed by atoms with Gasteiger partial charge < -0.3 is 10.1 Å². The lowest BCUT2D eigenvalue weighted by Crippen LogP contribution is -2.44. The van der Waals surface area contributed by atoms with E-state index in [2.05, 4.69) is 27.6 Å². The van der Waals surface area contributed by atoms with Gasteiger partial charge in [0.1, 0.15) is 11.5 Å². The van der Waals surface area contributed by atoms with Crippen LogP contribution in [0.1, 0.15) is 97.5 Å².